The maximum absolute atomic E-state index is 10.2. The van der Waals surface area contributed by atoms with E-state index in [2.05, 4.69) is 5.73 Å². The number of hydrogen-bond donors (Lipinski definition) is 2. The summed E-state index contributed by atoms with van der Waals surface area (Å²) in [7, 11) is 0. The minimum atomic E-state index is -1.16. The number of carbonyl (C=O) groups is 2. The lowest BCUT2D eigenvalue weighted by atomic mass is 10.2. The Balaban J connectivity index is 4.89. The van der Waals surface area contributed by atoms with Crippen molar-refractivity contribution in [2.45, 2.75) is 13.8 Å². The van der Waals surface area contributed by atoms with Gasteiger partial charge < -0.3 is 10.2 Å². The van der Waals surface area contributed by atoms with Crippen LogP contribution < -0.4 is 0 Å². The Kier molecular flexibility index (Phi) is 3.08. The van der Waals surface area contributed by atoms with Crippen molar-refractivity contribution in [1.82, 2.24) is 0 Å². The summed E-state index contributed by atoms with van der Waals surface area (Å²) in [5, 5.41) is 16.6. The van der Waals surface area contributed by atoms with Gasteiger partial charge in [-0.1, -0.05) is 5.73 Å². The molecule has 0 bridgehead atoms. The zero-order valence-corrected chi connectivity index (χ0v) is 6.21. The van der Waals surface area contributed by atoms with Gasteiger partial charge in [-0.25, -0.2) is 9.59 Å². The van der Waals surface area contributed by atoms with Gasteiger partial charge in [0.2, 0.25) is 0 Å². The molecular weight excluding hydrogens is 148 g/mol. The van der Waals surface area contributed by atoms with Gasteiger partial charge in [0, 0.05) is 0 Å². The Morgan fingerprint density at radius 3 is 1.45 bits per heavy atom. The number of hydrogen-bond acceptors (Lipinski definition) is 2. The molecule has 0 fully saturated rings. The van der Waals surface area contributed by atoms with Crippen LogP contribution >= 0.6 is 0 Å². The molecule has 0 aliphatic rings. The largest absolute Gasteiger partial charge is 0.477 e. The standard InChI is InChI=1S/C7H8O4/c1-4(6(8)9)3-5(2)7(10)11/h1-2H3,(H,8,9)(H,10,11). The van der Waals surface area contributed by atoms with Gasteiger partial charge in [-0.2, -0.15) is 0 Å². The van der Waals surface area contributed by atoms with Crippen LogP contribution in [0.5, 0.6) is 0 Å². The molecule has 4 nitrogen and oxygen atoms in total. The highest BCUT2D eigenvalue weighted by molar-refractivity contribution is 5.90. The van der Waals surface area contributed by atoms with Gasteiger partial charge >= 0.3 is 11.9 Å². The first-order valence-corrected chi connectivity index (χ1v) is 2.86. The zero-order chi connectivity index (χ0) is 9.02. The molecule has 0 spiro atoms. The first-order chi connectivity index (χ1) is 4.95. The maximum Gasteiger partial charge on any atom is 0.339 e. The van der Waals surface area contributed by atoms with E-state index in [1.165, 1.54) is 13.8 Å². The van der Waals surface area contributed by atoms with Crippen LogP contribution in [0.1, 0.15) is 13.8 Å². The Morgan fingerprint density at radius 2 is 1.27 bits per heavy atom. The summed E-state index contributed by atoms with van der Waals surface area (Å²) in [6.45, 7) is 2.57. The molecule has 11 heavy (non-hydrogen) atoms. The maximum atomic E-state index is 10.2. The molecule has 0 aliphatic heterocycles. The number of aliphatic carboxylic acids is 2. The zero-order valence-electron chi connectivity index (χ0n) is 6.21. The van der Waals surface area contributed by atoms with Gasteiger partial charge in [-0.3, -0.25) is 0 Å². The molecule has 0 rings (SSSR count). The van der Waals surface area contributed by atoms with Crippen LogP contribution in [0.25, 0.3) is 0 Å². The van der Waals surface area contributed by atoms with E-state index in [1.54, 1.807) is 0 Å². The highest BCUT2D eigenvalue weighted by Crippen LogP contribution is 1.94. The van der Waals surface area contributed by atoms with Gasteiger partial charge in [-0.05, 0) is 13.8 Å². The topological polar surface area (TPSA) is 74.6 Å². The average Bonchev–Trinajstić information content (AvgIpc) is 1.87. The number of carboxylic acid groups (broad SMARTS) is 2. The van der Waals surface area contributed by atoms with Gasteiger partial charge in [0.1, 0.15) is 0 Å². The summed E-state index contributed by atoms with van der Waals surface area (Å²) in [6.07, 6.45) is 0. The Hall–Kier alpha value is -1.54. The summed E-state index contributed by atoms with van der Waals surface area (Å²) >= 11 is 0. The Labute approximate surface area is 63.5 Å². The normalized spacial score (nSPS) is 8.18. The number of carboxylic acids is 2. The predicted octanol–water partition coefficient (Wildman–Crippen LogP) is 0.647. The molecule has 0 aromatic heterocycles. The number of rotatable bonds is 2. The third-order valence-corrected chi connectivity index (χ3v) is 1.02. The second kappa shape index (κ2) is 3.58. The molecule has 4 heteroatoms. The summed E-state index contributed by atoms with van der Waals surface area (Å²) in [4.78, 5) is 20.3. The molecular formula is C7H8O4. The highest BCUT2D eigenvalue weighted by atomic mass is 16.4. The third-order valence-electron chi connectivity index (χ3n) is 1.02. The molecule has 0 unspecified atom stereocenters. The van der Waals surface area contributed by atoms with Crippen LogP contribution in [0.3, 0.4) is 0 Å². The van der Waals surface area contributed by atoms with Crippen LogP contribution in [-0.2, 0) is 9.59 Å². The molecule has 0 atom stereocenters. The smallest absolute Gasteiger partial charge is 0.339 e. The van der Waals surface area contributed by atoms with E-state index in [1.807, 2.05) is 0 Å². The van der Waals surface area contributed by atoms with Crippen molar-refractivity contribution in [3.63, 3.8) is 0 Å². The van der Waals surface area contributed by atoms with E-state index < -0.39 is 11.9 Å². The fourth-order valence-corrected chi connectivity index (χ4v) is 0.388. The Bertz CT molecular complexity index is 232. The van der Waals surface area contributed by atoms with Crippen molar-refractivity contribution in [2.75, 3.05) is 0 Å². The minimum absolute atomic E-state index is 0.107. The lowest BCUT2D eigenvalue weighted by Crippen LogP contribution is -1.98. The minimum Gasteiger partial charge on any atom is -0.477 e. The summed E-state index contributed by atoms with van der Waals surface area (Å²) in [5.74, 6) is -2.32. The van der Waals surface area contributed by atoms with Crippen LogP contribution in [-0.4, -0.2) is 22.2 Å². The van der Waals surface area contributed by atoms with E-state index in [0.29, 0.717) is 0 Å². The molecule has 0 aromatic carbocycles. The highest BCUT2D eigenvalue weighted by Gasteiger charge is 2.01. The molecule has 2 N–H and O–H groups in total. The molecule has 0 radical (unpaired) electrons. The van der Waals surface area contributed by atoms with Gasteiger partial charge in [0.15, 0.2) is 0 Å². The van der Waals surface area contributed by atoms with Crippen molar-refractivity contribution >= 4 is 11.9 Å². The van der Waals surface area contributed by atoms with Gasteiger partial charge in [0.05, 0.1) is 11.1 Å². The van der Waals surface area contributed by atoms with E-state index in [0.717, 1.165) is 0 Å². The fourth-order valence-electron chi connectivity index (χ4n) is 0.388. The van der Waals surface area contributed by atoms with Crippen molar-refractivity contribution < 1.29 is 19.8 Å². The lowest BCUT2D eigenvalue weighted by Gasteiger charge is -1.87. The predicted molar refractivity (Wildman–Crippen MR) is 37.2 cm³/mol. The quantitative estimate of drug-likeness (QED) is 0.454. The van der Waals surface area contributed by atoms with Crippen LogP contribution in [0.15, 0.2) is 16.9 Å². The van der Waals surface area contributed by atoms with Crippen molar-refractivity contribution in [2.24, 2.45) is 0 Å². The van der Waals surface area contributed by atoms with E-state index in [4.69, 9.17) is 10.2 Å². The molecule has 0 heterocycles. The summed E-state index contributed by atoms with van der Waals surface area (Å²) < 4.78 is 0. The van der Waals surface area contributed by atoms with E-state index in [9.17, 15) is 9.59 Å². The van der Waals surface area contributed by atoms with Crippen LogP contribution in [0.2, 0.25) is 0 Å². The first-order valence-electron chi connectivity index (χ1n) is 2.86. The van der Waals surface area contributed by atoms with Crippen molar-refractivity contribution in [3.05, 3.63) is 16.9 Å². The van der Waals surface area contributed by atoms with Crippen LogP contribution in [0.4, 0.5) is 0 Å². The average molecular weight is 156 g/mol. The van der Waals surface area contributed by atoms with E-state index >= 15 is 0 Å². The van der Waals surface area contributed by atoms with E-state index in [-0.39, 0.29) is 11.1 Å². The third kappa shape index (κ3) is 3.23. The SMILES string of the molecule is CC(=C=C(C)C(=O)O)C(=O)O. The second-order valence-electron chi connectivity index (χ2n) is 1.99. The summed E-state index contributed by atoms with van der Waals surface area (Å²) in [6, 6.07) is 0. The molecule has 0 amide bonds. The molecule has 0 aliphatic carbocycles. The van der Waals surface area contributed by atoms with Crippen LogP contribution in [0, 0.1) is 0 Å². The Morgan fingerprint density at radius 1 is 1.00 bits per heavy atom. The molecule has 0 saturated carbocycles. The van der Waals surface area contributed by atoms with Crippen molar-refractivity contribution in [3.8, 4) is 0 Å². The van der Waals surface area contributed by atoms with Gasteiger partial charge in [0.25, 0.3) is 0 Å². The fraction of sp³-hybridized carbons (Fsp3) is 0.286. The monoisotopic (exact) mass is 156 g/mol. The molecule has 60 valence electrons. The molecule has 0 saturated heterocycles. The lowest BCUT2D eigenvalue weighted by molar-refractivity contribution is -0.133. The second-order valence-corrected chi connectivity index (χ2v) is 1.99. The first kappa shape index (κ1) is 9.46. The summed E-state index contributed by atoms with van der Waals surface area (Å²) in [5.41, 5.74) is 2.00. The molecule has 0 aromatic rings. The van der Waals surface area contributed by atoms with Gasteiger partial charge in [-0.15, -0.1) is 0 Å². The van der Waals surface area contributed by atoms with Crippen molar-refractivity contribution in [1.29, 1.82) is 0 Å².